The number of rotatable bonds is 3. The number of aliphatic hydroxyl groups excluding tert-OH is 1. The maximum absolute atomic E-state index is 12.5. The van der Waals surface area contributed by atoms with Crippen LogP contribution in [-0.2, 0) is 0 Å². The SMILES string of the molecule is Cc1ccc(Br)c(C(=O)NC2(CO)CCC(C)CC2)c1. The van der Waals surface area contributed by atoms with Crippen molar-refractivity contribution in [2.45, 2.75) is 45.1 Å². The van der Waals surface area contributed by atoms with Crippen molar-refractivity contribution in [2.75, 3.05) is 6.61 Å². The van der Waals surface area contributed by atoms with Gasteiger partial charge in [0.2, 0.25) is 0 Å². The zero-order valence-corrected chi connectivity index (χ0v) is 13.7. The highest BCUT2D eigenvalue weighted by Crippen LogP contribution is 2.32. The Hall–Kier alpha value is -0.870. The van der Waals surface area contributed by atoms with E-state index in [-0.39, 0.29) is 12.5 Å². The predicted molar refractivity (Wildman–Crippen MR) is 83.8 cm³/mol. The van der Waals surface area contributed by atoms with Crippen LogP contribution in [0.2, 0.25) is 0 Å². The fourth-order valence-corrected chi connectivity index (χ4v) is 3.19. The molecule has 1 aliphatic carbocycles. The maximum Gasteiger partial charge on any atom is 0.252 e. The molecule has 0 aromatic heterocycles. The zero-order chi connectivity index (χ0) is 14.8. The van der Waals surface area contributed by atoms with Crippen LogP contribution in [-0.4, -0.2) is 23.2 Å². The van der Waals surface area contributed by atoms with Gasteiger partial charge in [0.05, 0.1) is 17.7 Å². The van der Waals surface area contributed by atoms with Gasteiger partial charge in [-0.05, 0) is 66.6 Å². The first-order valence-electron chi connectivity index (χ1n) is 7.15. The van der Waals surface area contributed by atoms with Crippen LogP contribution in [0, 0.1) is 12.8 Å². The third-order valence-electron chi connectivity index (χ3n) is 4.28. The number of benzene rings is 1. The van der Waals surface area contributed by atoms with Gasteiger partial charge in [0.25, 0.3) is 5.91 Å². The van der Waals surface area contributed by atoms with E-state index in [4.69, 9.17) is 0 Å². The van der Waals surface area contributed by atoms with Gasteiger partial charge in [-0.2, -0.15) is 0 Å². The van der Waals surface area contributed by atoms with E-state index in [9.17, 15) is 9.90 Å². The molecule has 0 atom stereocenters. The van der Waals surface area contributed by atoms with Crippen molar-refractivity contribution in [3.8, 4) is 0 Å². The molecule has 4 heteroatoms. The topological polar surface area (TPSA) is 49.3 Å². The van der Waals surface area contributed by atoms with Crippen LogP contribution in [0.3, 0.4) is 0 Å². The fourth-order valence-electron chi connectivity index (χ4n) is 2.76. The molecule has 20 heavy (non-hydrogen) atoms. The first-order chi connectivity index (χ1) is 9.46. The largest absolute Gasteiger partial charge is 0.394 e. The van der Waals surface area contributed by atoms with Crippen molar-refractivity contribution in [2.24, 2.45) is 5.92 Å². The lowest BCUT2D eigenvalue weighted by atomic mass is 9.77. The summed E-state index contributed by atoms with van der Waals surface area (Å²) in [6.45, 7) is 4.20. The first kappa shape index (κ1) is 15.5. The number of hydrogen-bond acceptors (Lipinski definition) is 2. The molecule has 1 aromatic carbocycles. The van der Waals surface area contributed by atoms with Crippen molar-refractivity contribution in [1.29, 1.82) is 0 Å². The number of amides is 1. The number of carbonyl (C=O) groups excluding carboxylic acids is 1. The smallest absolute Gasteiger partial charge is 0.252 e. The molecule has 3 nitrogen and oxygen atoms in total. The molecule has 0 unspecified atom stereocenters. The van der Waals surface area contributed by atoms with E-state index >= 15 is 0 Å². The normalized spacial score (nSPS) is 26.3. The minimum absolute atomic E-state index is 0.00882. The summed E-state index contributed by atoms with van der Waals surface area (Å²) >= 11 is 3.42. The number of aryl methyl sites for hydroxylation is 1. The molecule has 2 rings (SSSR count). The molecule has 0 radical (unpaired) electrons. The standard InChI is InChI=1S/C16H22BrNO2/c1-11-5-7-16(10-19,8-6-11)18-15(20)13-9-12(2)3-4-14(13)17/h3-4,9,11,19H,5-8,10H2,1-2H3,(H,18,20). The van der Waals surface area contributed by atoms with Crippen molar-refractivity contribution in [3.05, 3.63) is 33.8 Å². The second kappa shape index (κ2) is 6.27. The van der Waals surface area contributed by atoms with Crippen LogP contribution in [0.5, 0.6) is 0 Å². The summed E-state index contributed by atoms with van der Waals surface area (Å²) in [6, 6.07) is 5.72. The highest BCUT2D eigenvalue weighted by molar-refractivity contribution is 9.10. The zero-order valence-electron chi connectivity index (χ0n) is 12.1. The lowest BCUT2D eigenvalue weighted by Crippen LogP contribution is -2.53. The van der Waals surface area contributed by atoms with Crippen molar-refractivity contribution < 1.29 is 9.90 Å². The second-order valence-corrected chi connectivity index (χ2v) is 6.91. The molecule has 0 heterocycles. The molecule has 0 bridgehead atoms. The Labute approximate surface area is 128 Å². The van der Waals surface area contributed by atoms with E-state index in [2.05, 4.69) is 28.2 Å². The van der Waals surface area contributed by atoms with Gasteiger partial charge < -0.3 is 10.4 Å². The Balaban J connectivity index is 2.15. The van der Waals surface area contributed by atoms with Gasteiger partial charge in [0, 0.05) is 4.47 Å². The number of nitrogens with one attached hydrogen (secondary N) is 1. The van der Waals surface area contributed by atoms with Gasteiger partial charge in [-0.3, -0.25) is 4.79 Å². The fraction of sp³-hybridized carbons (Fsp3) is 0.562. The van der Waals surface area contributed by atoms with E-state index in [0.717, 1.165) is 35.7 Å². The molecule has 1 aliphatic rings. The van der Waals surface area contributed by atoms with Crippen LogP contribution in [0.4, 0.5) is 0 Å². The number of halogens is 1. The Morgan fingerprint density at radius 2 is 2.10 bits per heavy atom. The third-order valence-corrected chi connectivity index (χ3v) is 4.97. The van der Waals surface area contributed by atoms with Crippen molar-refractivity contribution in [3.63, 3.8) is 0 Å². The summed E-state index contributed by atoms with van der Waals surface area (Å²) in [6.07, 6.45) is 3.80. The maximum atomic E-state index is 12.5. The van der Waals surface area contributed by atoms with E-state index in [1.165, 1.54) is 0 Å². The Morgan fingerprint density at radius 3 is 2.70 bits per heavy atom. The number of carbonyl (C=O) groups is 1. The van der Waals surface area contributed by atoms with Gasteiger partial charge in [-0.15, -0.1) is 0 Å². The Bertz CT molecular complexity index is 493. The average molecular weight is 340 g/mol. The molecule has 1 fully saturated rings. The van der Waals surface area contributed by atoms with Crippen LogP contribution in [0.15, 0.2) is 22.7 Å². The monoisotopic (exact) mass is 339 g/mol. The van der Waals surface area contributed by atoms with E-state index < -0.39 is 5.54 Å². The lowest BCUT2D eigenvalue weighted by molar-refractivity contribution is 0.0716. The minimum atomic E-state index is -0.452. The highest BCUT2D eigenvalue weighted by Gasteiger charge is 2.35. The average Bonchev–Trinajstić information content (AvgIpc) is 2.44. The molecule has 110 valence electrons. The van der Waals surface area contributed by atoms with E-state index in [1.807, 2.05) is 25.1 Å². The van der Waals surface area contributed by atoms with Gasteiger partial charge in [0.15, 0.2) is 0 Å². The second-order valence-electron chi connectivity index (χ2n) is 6.06. The summed E-state index contributed by atoms with van der Waals surface area (Å²) in [5.74, 6) is 0.571. The van der Waals surface area contributed by atoms with Gasteiger partial charge in [-0.1, -0.05) is 18.6 Å². The molecule has 0 saturated heterocycles. The number of aliphatic hydroxyl groups is 1. The molecule has 2 N–H and O–H groups in total. The van der Waals surface area contributed by atoms with Crippen LogP contribution in [0.25, 0.3) is 0 Å². The molecule has 1 amide bonds. The Kier molecular flexibility index (Phi) is 4.86. The van der Waals surface area contributed by atoms with Crippen LogP contribution in [0.1, 0.15) is 48.5 Å². The van der Waals surface area contributed by atoms with E-state index in [0.29, 0.717) is 11.5 Å². The number of hydrogen-bond donors (Lipinski definition) is 2. The first-order valence-corrected chi connectivity index (χ1v) is 7.94. The summed E-state index contributed by atoms with van der Waals surface area (Å²) < 4.78 is 0.790. The molecular weight excluding hydrogens is 318 g/mol. The van der Waals surface area contributed by atoms with Crippen molar-refractivity contribution >= 4 is 21.8 Å². The molecule has 1 aromatic rings. The molecule has 0 aliphatic heterocycles. The predicted octanol–water partition coefficient (Wildman–Crippen LogP) is 3.43. The van der Waals surface area contributed by atoms with Gasteiger partial charge in [0.1, 0.15) is 0 Å². The van der Waals surface area contributed by atoms with Gasteiger partial charge in [-0.25, -0.2) is 0 Å². The Morgan fingerprint density at radius 1 is 1.45 bits per heavy atom. The van der Waals surface area contributed by atoms with E-state index in [1.54, 1.807) is 0 Å². The minimum Gasteiger partial charge on any atom is -0.394 e. The molecule has 0 spiro atoms. The molecular formula is C16H22BrNO2. The summed E-state index contributed by atoms with van der Waals surface area (Å²) in [5.41, 5.74) is 1.23. The van der Waals surface area contributed by atoms with Crippen molar-refractivity contribution in [1.82, 2.24) is 5.32 Å². The molecule has 1 saturated carbocycles. The summed E-state index contributed by atoms with van der Waals surface area (Å²) in [7, 11) is 0. The lowest BCUT2D eigenvalue weighted by Gasteiger charge is -2.38. The third kappa shape index (κ3) is 3.41. The highest BCUT2D eigenvalue weighted by atomic mass is 79.9. The summed E-state index contributed by atoms with van der Waals surface area (Å²) in [5, 5.41) is 12.8. The summed E-state index contributed by atoms with van der Waals surface area (Å²) in [4.78, 5) is 12.5. The van der Waals surface area contributed by atoms with Gasteiger partial charge >= 0.3 is 0 Å². The van der Waals surface area contributed by atoms with Crippen LogP contribution >= 0.6 is 15.9 Å². The van der Waals surface area contributed by atoms with Crippen LogP contribution < -0.4 is 5.32 Å². The quantitative estimate of drug-likeness (QED) is 0.886.